The Morgan fingerprint density at radius 1 is 1.00 bits per heavy atom. The van der Waals surface area contributed by atoms with Crippen molar-refractivity contribution in [2.24, 2.45) is 0 Å². The second-order valence-electron chi connectivity index (χ2n) is 9.03. The normalized spacial score (nSPS) is 23.8. The smallest absolute Gasteiger partial charge is 0.331 e. The van der Waals surface area contributed by atoms with E-state index in [0.29, 0.717) is 12.8 Å². The highest BCUT2D eigenvalue weighted by Gasteiger charge is 2.61. The van der Waals surface area contributed by atoms with E-state index in [1.807, 2.05) is 72.8 Å². The van der Waals surface area contributed by atoms with E-state index in [2.05, 4.69) is 26.0 Å². The van der Waals surface area contributed by atoms with Crippen LogP contribution in [0.2, 0.25) is 0 Å². The number of amides is 1. The number of thioether (sulfide) groups is 1. The lowest BCUT2D eigenvalue weighted by molar-refractivity contribution is -0.164. The van der Waals surface area contributed by atoms with Crippen LogP contribution in [-0.4, -0.2) is 32.9 Å². The monoisotopic (exact) mass is 457 g/mol. The van der Waals surface area contributed by atoms with Crippen LogP contribution in [0.3, 0.4) is 0 Å². The van der Waals surface area contributed by atoms with E-state index in [-0.39, 0.29) is 17.3 Å². The number of carbonyl (C=O) groups excluding carboxylic acids is 2. The van der Waals surface area contributed by atoms with E-state index in [1.54, 1.807) is 16.7 Å². The molecule has 2 heterocycles. The summed E-state index contributed by atoms with van der Waals surface area (Å²) in [7, 11) is 0. The SMILES string of the molecule is Cc1ccccc1CC1(C)S[C@@H]2CC(=O)N2[C@H]1C(=O)OC(c1ccccc1)c1ccccc1. The van der Waals surface area contributed by atoms with Crippen molar-refractivity contribution in [3.63, 3.8) is 0 Å². The fourth-order valence-corrected chi connectivity index (χ4v) is 6.71. The maximum Gasteiger partial charge on any atom is 0.331 e. The quantitative estimate of drug-likeness (QED) is 0.372. The summed E-state index contributed by atoms with van der Waals surface area (Å²) < 4.78 is 5.76. The van der Waals surface area contributed by atoms with Gasteiger partial charge in [0.1, 0.15) is 6.04 Å². The van der Waals surface area contributed by atoms with Crippen molar-refractivity contribution in [3.05, 3.63) is 107 Å². The molecule has 2 aliphatic heterocycles. The standard InChI is InChI=1S/C28H27NO3S/c1-19-11-9-10-16-22(19)18-28(2)26(29-23(30)17-24(29)33-28)27(31)32-25(20-12-5-3-6-13-20)21-14-7-4-8-15-21/h3-16,24-26H,17-18H2,1-2H3/t24-,26+,28?/m1/s1. The maximum absolute atomic E-state index is 13.8. The lowest BCUT2D eigenvalue weighted by Crippen LogP contribution is -2.58. The molecule has 2 aliphatic rings. The summed E-state index contributed by atoms with van der Waals surface area (Å²) >= 11 is 1.73. The van der Waals surface area contributed by atoms with Gasteiger partial charge in [-0.25, -0.2) is 4.79 Å². The van der Waals surface area contributed by atoms with E-state index in [1.165, 1.54) is 11.1 Å². The van der Waals surface area contributed by atoms with Crippen molar-refractivity contribution >= 4 is 23.6 Å². The number of hydrogen-bond acceptors (Lipinski definition) is 4. The van der Waals surface area contributed by atoms with Crippen molar-refractivity contribution < 1.29 is 14.3 Å². The average Bonchev–Trinajstić information content (AvgIpc) is 3.06. The Morgan fingerprint density at radius 3 is 2.15 bits per heavy atom. The second kappa shape index (κ2) is 8.71. The number of esters is 1. The number of β-lactam (4-membered cyclic amide) rings is 1. The number of fused-ring (bicyclic) bond motifs is 1. The molecular weight excluding hydrogens is 430 g/mol. The first kappa shape index (κ1) is 21.8. The van der Waals surface area contributed by atoms with E-state index in [4.69, 9.17) is 4.74 Å². The molecule has 2 fully saturated rings. The number of carbonyl (C=O) groups is 2. The molecule has 0 N–H and O–H groups in total. The van der Waals surface area contributed by atoms with Crippen molar-refractivity contribution in [1.29, 1.82) is 0 Å². The highest BCUT2D eigenvalue weighted by molar-refractivity contribution is 8.01. The van der Waals surface area contributed by atoms with Gasteiger partial charge in [0, 0.05) is 0 Å². The maximum atomic E-state index is 13.8. The molecule has 5 rings (SSSR count). The molecule has 4 nitrogen and oxygen atoms in total. The first-order valence-electron chi connectivity index (χ1n) is 11.3. The third kappa shape index (κ3) is 4.06. The molecule has 33 heavy (non-hydrogen) atoms. The highest BCUT2D eigenvalue weighted by atomic mass is 32.2. The first-order chi connectivity index (χ1) is 16.0. The van der Waals surface area contributed by atoms with Crippen molar-refractivity contribution in [2.45, 2.75) is 49.0 Å². The third-order valence-corrected chi connectivity index (χ3v) is 8.25. The van der Waals surface area contributed by atoms with Crippen LogP contribution >= 0.6 is 11.8 Å². The Labute approximate surface area is 199 Å². The third-order valence-electron chi connectivity index (χ3n) is 6.67. The number of benzene rings is 3. The number of hydrogen-bond donors (Lipinski definition) is 0. The molecule has 0 spiro atoms. The van der Waals surface area contributed by atoms with Gasteiger partial charge >= 0.3 is 5.97 Å². The van der Waals surface area contributed by atoms with Crippen LogP contribution in [0.4, 0.5) is 0 Å². The Balaban J connectivity index is 1.47. The number of rotatable bonds is 6. The highest BCUT2D eigenvalue weighted by Crippen LogP contribution is 2.53. The molecule has 1 unspecified atom stereocenters. The fraction of sp³-hybridized carbons (Fsp3) is 0.286. The summed E-state index contributed by atoms with van der Waals surface area (Å²) in [6.45, 7) is 4.19. The first-order valence-corrected chi connectivity index (χ1v) is 12.2. The molecule has 168 valence electrons. The van der Waals surface area contributed by atoms with Gasteiger partial charge in [0.2, 0.25) is 5.91 Å². The van der Waals surface area contributed by atoms with E-state index >= 15 is 0 Å². The van der Waals surface area contributed by atoms with Crippen LogP contribution in [0, 0.1) is 6.92 Å². The summed E-state index contributed by atoms with van der Waals surface area (Å²) in [4.78, 5) is 28.1. The molecule has 3 atom stereocenters. The van der Waals surface area contributed by atoms with Crippen molar-refractivity contribution in [1.82, 2.24) is 4.90 Å². The lowest BCUT2D eigenvalue weighted by Gasteiger charge is -2.38. The zero-order valence-corrected chi connectivity index (χ0v) is 19.6. The molecule has 1 amide bonds. The summed E-state index contributed by atoms with van der Waals surface area (Å²) in [5, 5.41) is 0.0379. The minimum absolute atomic E-state index is 0.0268. The summed E-state index contributed by atoms with van der Waals surface area (Å²) in [6, 6.07) is 27.2. The van der Waals surface area contributed by atoms with Crippen LogP contribution in [0.1, 0.15) is 41.7 Å². The Morgan fingerprint density at radius 2 is 1.58 bits per heavy atom. The van der Waals surface area contributed by atoms with E-state index < -0.39 is 16.9 Å². The predicted molar refractivity (Wildman–Crippen MR) is 131 cm³/mol. The summed E-state index contributed by atoms with van der Waals surface area (Å²) in [6.07, 6.45) is 0.660. The number of nitrogens with zero attached hydrogens (tertiary/aromatic N) is 1. The van der Waals surface area contributed by atoms with Gasteiger partial charge in [-0.1, -0.05) is 84.9 Å². The van der Waals surface area contributed by atoms with Gasteiger partial charge in [-0.2, -0.15) is 0 Å². The Hall–Kier alpha value is -3.05. The molecule has 0 radical (unpaired) electrons. The van der Waals surface area contributed by atoms with Crippen LogP contribution in [0.5, 0.6) is 0 Å². The van der Waals surface area contributed by atoms with Gasteiger partial charge in [-0.05, 0) is 42.5 Å². The van der Waals surface area contributed by atoms with Crippen LogP contribution in [0.15, 0.2) is 84.9 Å². The van der Waals surface area contributed by atoms with Gasteiger partial charge < -0.3 is 9.64 Å². The minimum Gasteiger partial charge on any atom is -0.451 e. The number of aryl methyl sites for hydroxylation is 1. The summed E-state index contributed by atoms with van der Waals surface area (Å²) in [5.74, 6) is -0.314. The Kier molecular flexibility index (Phi) is 5.75. The van der Waals surface area contributed by atoms with E-state index in [9.17, 15) is 9.59 Å². The number of ether oxygens (including phenoxy) is 1. The second-order valence-corrected chi connectivity index (χ2v) is 10.7. The van der Waals surface area contributed by atoms with E-state index in [0.717, 1.165) is 11.1 Å². The van der Waals surface area contributed by atoms with Gasteiger partial charge in [-0.15, -0.1) is 11.8 Å². The molecule has 3 aromatic carbocycles. The predicted octanol–water partition coefficient (Wildman–Crippen LogP) is 5.30. The zero-order valence-electron chi connectivity index (χ0n) is 18.8. The van der Waals surface area contributed by atoms with Crippen molar-refractivity contribution in [3.8, 4) is 0 Å². The van der Waals surface area contributed by atoms with Crippen LogP contribution in [0.25, 0.3) is 0 Å². The molecular formula is C28H27NO3S. The lowest BCUT2D eigenvalue weighted by atomic mass is 9.88. The van der Waals surface area contributed by atoms with Gasteiger partial charge in [0.15, 0.2) is 6.10 Å². The molecule has 0 bridgehead atoms. The van der Waals surface area contributed by atoms with Crippen molar-refractivity contribution in [2.75, 3.05) is 0 Å². The molecule has 0 aliphatic carbocycles. The Bertz CT molecular complexity index is 1130. The molecule has 2 saturated heterocycles. The fourth-order valence-electron chi connectivity index (χ4n) is 4.93. The minimum atomic E-state index is -0.622. The van der Waals surface area contributed by atoms with Gasteiger partial charge in [-0.3, -0.25) is 4.79 Å². The largest absolute Gasteiger partial charge is 0.451 e. The van der Waals surface area contributed by atoms with Gasteiger partial charge in [0.05, 0.1) is 16.5 Å². The van der Waals surface area contributed by atoms with Crippen LogP contribution < -0.4 is 0 Å². The average molecular weight is 458 g/mol. The van der Waals surface area contributed by atoms with Crippen LogP contribution in [-0.2, 0) is 20.7 Å². The van der Waals surface area contributed by atoms with Gasteiger partial charge in [0.25, 0.3) is 0 Å². The molecule has 0 aromatic heterocycles. The molecule has 0 saturated carbocycles. The summed E-state index contributed by atoms with van der Waals surface area (Å²) in [5.41, 5.74) is 4.21. The zero-order chi connectivity index (χ0) is 23.0. The molecule has 5 heteroatoms. The molecule has 3 aromatic rings. The topological polar surface area (TPSA) is 46.6 Å².